The topological polar surface area (TPSA) is 42.7 Å². The number of nitrogens with zero attached hydrogens (tertiary/aromatic N) is 3. The summed E-state index contributed by atoms with van der Waals surface area (Å²) < 4.78 is 38.9. The van der Waals surface area contributed by atoms with Crippen LogP contribution >= 0.6 is 0 Å². The van der Waals surface area contributed by atoms with E-state index in [1.807, 2.05) is 17.7 Å². The number of pyridine rings is 1. The van der Waals surface area contributed by atoms with Gasteiger partial charge in [0.15, 0.2) is 0 Å². The van der Waals surface area contributed by atoms with Crippen LogP contribution in [0.25, 0.3) is 0 Å². The van der Waals surface area contributed by atoms with Crippen molar-refractivity contribution < 1.29 is 13.2 Å². The summed E-state index contributed by atoms with van der Waals surface area (Å²) in [6, 6.07) is 2.31. The van der Waals surface area contributed by atoms with E-state index in [9.17, 15) is 13.2 Å². The maximum Gasteiger partial charge on any atom is 0.433 e. The Kier molecular flexibility index (Phi) is 3.73. The summed E-state index contributed by atoms with van der Waals surface area (Å²) >= 11 is 0. The summed E-state index contributed by atoms with van der Waals surface area (Å²) in [7, 11) is 0. The Morgan fingerprint density at radius 1 is 1.26 bits per heavy atom. The zero-order valence-corrected chi connectivity index (χ0v) is 10.3. The van der Waals surface area contributed by atoms with E-state index in [2.05, 4.69) is 15.3 Å². The molecule has 0 atom stereocenters. The highest BCUT2D eigenvalue weighted by Crippen LogP contribution is 2.27. The minimum Gasteiger partial charge on any atom is -0.377 e. The van der Waals surface area contributed by atoms with Crippen molar-refractivity contribution in [1.29, 1.82) is 0 Å². The Hall–Kier alpha value is -2.05. The molecule has 1 N–H and O–H groups in total. The first-order chi connectivity index (χ1) is 9.00. The highest BCUT2D eigenvalue weighted by molar-refractivity contribution is 5.41. The molecule has 0 bridgehead atoms. The molecule has 0 aliphatic rings. The summed E-state index contributed by atoms with van der Waals surface area (Å²) in [4.78, 5) is 7.54. The van der Waals surface area contributed by atoms with E-state index in [0.717, 1.165) is 18.4 Å². The minimum absolute atomic E-state index is 0.438. The van der Waals surface area contributed by atoms with Crippen LogP contribution in [0.15, 0.2) is 30.7 Å². The zero-order chi connectivity index (χ0) is 13.9. The van der Waals surface area contributed by atoms with Crippen molar-refractivity contribution >= 4 is 5.69 Å². The van der Waals surface area contributed by atoms with Crippen LogP contribution < -0.4 is 5.32 Å². The zero-order valence-electron chi connectivity index (χ0n) is 10.3. The van der Waals surface area contributed by atoms with Crippen LogP contribution in [0.5, 0.6) is 0 Å². The van der Waals surface area contributed by atoms with Gasteiger partial charge in [0.05, 0.1) is 18.4 Å². The smallest absolute Gasteiger partial charge is 0.377 e. The highest BCUT2D eigenvalue weighted by Gasteiger charge is 2.31. The molecule has 19 heavy (non-hydrogen) atoms. The third-order valence-corrected chi connectivity index (χ3v) is 2.65. The van der Waals surface area contributed by atoms with Crippen LogP contribution in [0.4, 0.5) is 18.9 Å². The lowest BCUT2D eigenvalue weighted by molar-refractivity contribution is -0.141. The van der Waals surface area contributed by atoms with Gasteiger partial charge in [-0.15, -0.1) is 0 Å². The molecular weight excluding hydrogens is 257 g/mol. The molecule has 2 heterocycles. The van der Waals surface area contributed by atoms with E-state index in [1.54, 1.807) is 6.20 Å². The molecule has 0 aliphatic heterocycles. The first-order valence-corrected chi connectivity index (χ1v) is 5.78. The lowest BCUT2D eigenvalue weighted by atomic mass is 10.3. The molecule has 0 unspecified atom stereocenters. The Balaban J connectivity index is 2.01. The SMILES string of the molecule is CCn1ccnc1CNc1ccc(C(F)(F)F)nc1. The van der Waals surface area contributed by atoms with E-state index >= 15 is 0 Å². The maximum absolute atomic E-state index is 12.3. The van der Waals surface area contributed by atoms with Gasteiger partial charge in [-0.2, -0.15) is 13.2 Å². The van der Waals surface area contributed by atoms with Crippen molar-refractivity contribution in [3.8, 4) is 0 Å². The summed E-state index contributed by atoms with van der Waals surface area (Å²) in [6.45, 7) is 3.22. The van der Waals surface area contributed by atoms with Crippen LogP contribution in [-0.4, -0.2) is 14.5 Å². The number of nitrogens with one attached hydrogen (secondary N) is 1. The third kappa shape index (κ3) is 3.24. The molecule has 0 spiro atoms. The summed E-state index contributed by atoms with van der Waals surface area (Å²) in [5.74, 6) is 0.822. The van der Waals surface area contributed by atoms with Gasteiger partial charge >= 0.3 is 6.18 Å². The molecule has 2 rings (SSSR count). The van der Waals surface area contributed by atoms with Gasteiger partial charge in [0.2, 0.25) is 0 Å². The average molecular weight is 270 g/mol. The van der Waals surface area contributed by atoms with Gasteiger partial charge in [-0.3, -0.25) is 0 Å². The van der Waals surface area contributed by atoms with Gasteiger partial charge in [-0.1, -0.05) is 0 Å². The molecule has 2 aromatic heterocycles. The average Bonchev–Trinajstić information content (AvgIpc) is 2.83. The first-order valence-electron chi connectivity index (χ1n) is 5.78. The first kappa shape index (κ1) is 13.4. The molecule has 0 radical (unpaired) electrons. The second kappa shape index (κ2) is 5.29. The van der Waals surface area contributed by atoms with Crippen LogP contribution in [0.1, 0.15) is 18.4 Å². The molecule has 4 nitrogen and oxygen atoms in total. The standard InChI is InChI=1S/C12H13F3N4/c1-2-19-6-5-16-11(19)8-17-9-3-4-10(18-7-9)12(13,14)15/h3-7,17H,2,8H2,1H3. The van der Waals surface area contributed by atoms with Crippen LogP contribution in [0.3, 0.4) is 0 Å². The highest BCUT2D eigenvalue weighted by atomic mass is 19.4. The number of aromatic nitrogens is 3. The van der Waals surface area contributed by atoms with Gasteiger partial charge < -0.3 is 9.88 Å². The molecule has 102 valence electrons. The van der Waals surface area contributed by atoms with E-state index in [-0.39, 0.29) is 0 Å². The fraction of sp³-hybridized carbons (Fsp3) is 0.333. The van der Waals surface area contributed by atoms with Gasteiger partial charge in [0.1, 0.15) is 11.5 Å². The fourth-order valence-electron chi connectivity index (χ4n) is 1.64. The number of halogens is 3. The molecule has 0 saturated carbocycles. The maximum atomic E-state index is 12.3. The fourth-order valence-corrected chi connectivity index (χ4v) is 1.64. The van der Waals surface area contributed by atoms with Crippen molar-refractivity contribution in [1.82, 2.24) is 14.5 Å². The Morgan fingerprint density at radius 2 is 2.05 bits per heavy atom. The Labute approximate surface area is 108 Å². The number of alkyl halides is 3. The third-order valence-electron chi connectivity index (χ3n) is 2.65. The molecule has 0 aromatic carbocycles. The molecule has 2 aromatic rings. The van der Waals surface area contributed by atoms with Crippen molar-refractivity contribution in [3.05, 3.63) is 42.2 Å². The second-order valence-corrected chi connectivity index (χ2v) is 3.91. The quantitative estimate of drug-likeness (QED) is 0.928. The number of hydrogen-bond acceptors (Lipinski definition) is 3. The summed E-state index contributed by atoms with van der Waals surface area (Å²) in [6.07, 6.45) is 0.298. The molecule has 0 amide bonds. The van der Waals surface area contributed by atoms with E-state index in [4.69, 9.17) is 0 Å². The van der Waals surface area contributed by atoms with Crippen molar-refractivity contribution in [2.75, 3.05) is 5.32 Å². The molecule has 0 saturated heterocycles. The lowest BCUT2D eigenvalue weighted by Gasteiger charge is -2.09. The number of aryl methyl sites for hydroxylation is 1. The van der Waals surface area contributed by atoms with E-state index in [1.165, 1.54) is 12.3 Å². The number of imidazole rings is 1. The van der Waals surface area contributed by atoms with Crippen LogP contribution in [0, 0.1) is 0 Å². The monoisotopic (exact) mass is 270 g/mol. The Bertz CT molecular complexity index is 531. The number of rotatable bonds is 4. The summed E-state index contributed by atoms with van der Waals surface area (Å²) in [5.41, 5.74) is -0.369. The number of anilines is 1. The number of hydrogen-bond donors (Lipinski definition) is 1. The van der Waals surface area contributed by atoms with Crippen LogP contribution in [0.2, 0.25) is 0 Å². The lowest BCUT2D eigenvalue weighted by Crippen LogP contribution is -2.10. The molecule has 7 heteroatoms. The minimum atomic E-state index is -4.41. The van der Waals surface area contributed by atoms with Gasteiger partial charge in [0, 0.05) is 18.9 Å². The molecule has 0 aliphatic carbocycles. The van der Waals surface area contributed by atoms with Gasteiger partial charge in [0.25, 0.3) is 0 Å². The van der Waals surface area contributed by atoms with Gasteiger partial charge in [-0.25, -0.2) is 9.97 Å². The largest absolute Gasteiger partial charge is 0.433 e. The van der Waals surface area contributed by atoms with Crippen molar-refractivity contribution in [2.45, 2.75) is 26.2 Å². The predicted molar refractivity (Wildman–Crippen MR) is 64.5 cm³/mol. The van der Waals surface area contributed by atoms with Crippen molar-refractivity contribution in [3.63, 3.8) is 0 Å². The molecular formula is C12H13F3N4. The van der Waals surface area contributed by atoms with Gasteiger partial charge in [-0.05, 0) is 19.1 Å². The van der Waals surface area contributed by atoms with Crippen molar-refractivity contribution in [2.24, 2.45) is 0 Å². The normalized spacial score (nSPS) is 11.6. The molecule has 0 fully saturated rings. The van der Waals surface area contributed by atoms with Crippen LogP contribution in [-0.2, 0) is 19.3 Å². The Morgan fingerprint density at radius 3 is 2.63 bits per heavy atom. The predicted octanol–water partition coefficient (Wildman–Crippen LogP) is 2.93. The van der Waals surface area contributed by atoms with E-state index < -0.39 is 11.9 Å². The van der Waals surface area contributed by atoms with E-state index in [0.29, 0.717) is 12.2 Å². The second-order valence-electron chi connectivity index (χ2n) is 3.91. The summed E-state index contributed by atoms with van der Waals surface area (Å²) in [5, 5.41) is 2.99.